The van der Waals surface area contributed by atoms with Crippen LogP contribution in [0.1, 0.15) is 63.9 Å². The van der Waals surface area contributed by atoms with Gasteiger partial charge < -0.3 is 15.3 Å². The Balaban J connectivity index is 1.46. The van der Waals surface area contributed by atoms with Gasteiger partial charge in [0, 0.05) is 30.8 Å². The van der Waals surface area contributed by atoms with E-state index in [0.29, 0.717) is 12.8 Å². The summed E-state index contributed by atoms with van der Waals surface area (Å²) in [5.74, 6) is -0.901. The van der Waals surface area contributed by atoms with Gasteiger partial charge in [0.25, 0.3) is 0 Å². The summed E-state index contributed by atoms with van der Waals surface area (Å²) >= 11 is 0. The summed E-state index contributed by atoms with van der Waals surface area (Å²) in [6.45, 7) is 2.81. The number of anilines is 1. The largest absolute Gasteiger partial charge is 0.481 e. The summed E-state index contributed by atoms with van der Waals surface area (Å²) in [6.07, 6.45) is 11.0. The molecule has 3 aliphatic rings. The maximum atomic E-state index is 11.3. The highest BCUT2D eigenvalue weighted by atomic mass is 16.7. The summed E-state index contributed by atoms with van der Waals surface area (Å²) in [5, 5.41) is 22.9. The third-order valence-electron chi connectivity index (χ3n) is 6.81. The van der Waals surface area contributed by atoms with Crippen LogP contribution in [0.5, 0.6) is 0 Å². The Labute approximate surface area is 169 Å². The molecule has 0 bridgehead atoms. The molecule has 2 fully saturated rings. The lowest BCUT2D eigenvalue weighted by atomic mass is 9.76. The van der Waals surface area contributed by atoms with Gasteiger partial charge in [-0.25, -0.2) is 9.67 Å². The van der Waals surface area contributed by atoms with Crippen LogP contribution in [0, 0.1) is 5.92 Å². The molecule has 8 nitrogen and oxygen atoms in total. The molecule has 2 aliphatic carbocycles. The minimum Gasteiger partial charge on any atom is -0.481 e. The average Bonchev–Trinajstić information content (AvgIpc) is 3.33. The van der Waals surface area contributed by atoms with Gasteiger partial charge in [-0.05, 0) is 51.9 Å². The maximum absolute atomic E-state index is 11.3. The minimum absolute atomic E-state index is 0.102. The van der Waals surface area contributed by atoms with Crippen molar-refractivity contribution in [3.8, 4) is 0 Å². The lowest BCUT2D eigenvalue weighted by Crippen LogP contribution is -2.37. The molecule has 0 unspecified atom stereocenters. The fourth-order valence-electron chi connectivity index (χ4n) is 4.83. The zero-order valence-corrected chi connectivity index (χ0v) is 16.7. The van der Waals surface area contributed by atoms with E-state index < -0.39 is 5.97 Å². The van der Waals surface area contributed by atoms with Gasteiger partial charge in [0.1, 0.15) is 5.60 Å². The van der Waals surface area contributed by atoms with E-state index in [9.17, 15) is 9.90 Å². The van der Waals surface area contributed by atoms with Crippen LogP contribution in [-0.4, -0.2) is 43.2 Å². The third kappa shape index (κ3) is 3.14. The number of oxime groups is 1. The number of carboxylic acid groups (broad SMARTS) is 1. The zero-order chi connectivity index (χ0) is 20.0. The highest BCUT2D eigenvalue weighted by molar-refractivity contribution is 6.10. The van der Waals surface area contributed by atoms with Crippen molar-refractivity contribution in [2.75, 3.05) is 5.32 Å². The van der Waals surface area contributed by atoms with Gasteiger partial charge in [0.15, 0.2) is 5.65 Å². The first-order valence-corrected chi connectivity index (χ1v) is 10.7. The van der Waals surface area contributed by atoms with E-state index in [4.69, 9.17) is 4.84 Å². The lowest BCUT2D eigenvalue weighted by molar-refractivity contribution is -0.142. The SMILES string of the molecule is CCn1ncc2c(NC3CCC(C(=O)O)CC3)c(C3=NOC4(CCC4)C3)cnc21. The molecule has 2 N–H and O–H groups in total. The first-order valence-electron chi connectivity index (χ1n) is 10.7. The molecule has 0 aromatic carbocycles. The Hall–Kier alpha value is -2.64. The van der Waals surface area contributed by atoms with E-state index in [1.807, 2.05) is 17.1 Å². The molecule has 1 spiro atoms. The lowest BCUT2D eigenvalue weighted by Gasteiger charge is -2.34. The van der Waals surface area contributed by atoms with Crippen molar-refractivity contribution in [2.45, 2.75) is 76.5 Å². The van der Waals surface area contributed by atoms with Crippen molar-refractivity contribution in [3.63, 3.8) is 0 Å². The second kappa shape index (κ2) is 7.00. The normalized spacial score (nSPS) is 25.5. The molecule has 8 heteroatoms. The van der Waals surface area contributed by atoms with Crippen molar-refractivity contribution in [1.82, 2.24) is 14.8 Å². The number of aliphatic carboxylic acids is 1. The van der Waals surface area contributed by atoms with E-state index >= 15 is 0 Å². The summed E-state index contributed by atoms with van der Waals surface area (Å²) in [7, 11) is 0. The Kier molecular flexibility index (Phi) is 4.44. The summed E-state index contributed by atoms with van der Waals surface area (Å²) in [5.41, 5.74) is 3.69. The van der Waals surface area contributed by atoms with Crippen LogP contribution in [0.25, 0.3) is 11.0 Å². The van der Waals surface area contributed by atoms with Gasteiger partial charge >= 0.3 is 5.97 Å². The first-order chi connectivity index (χ1) is 14.1. The van der Waals surface area contributed by atoms with E-state index in [-0.39, 0.29) is 17.6 Å². The number of hydrogen-bond donors (Lipinski definition) is 2. The standard InChI is InChI=1S/C21H27N5O3/c1-2-26-19-16(12-23-26)18(24-14-6-4-13(5-7-14)20(27)28)15(11-22-19)17-10-21(29-25-17)8-3-9-21/h11-14H,2-10H2,1H3,(H,22,24)(H,27,28). The van der Waals surface area contributed by atoms with E-state index in [1.165, 1.54) is 6.42 Å². The number of nitrogens with one attached hydrogen (secondary N) is 1. The number of rotatable bonds is 5. The van der Waals surface area contributed by atoms with Crippen molar-refractivity contribution in [2.24, 2.45) is 11.1 Å². The number of fused-ring (bicyclic) bond motifs is 1. The van der Waals surface area contributed by atoms with Gasteiger partial charge in [-0.3, -0.25) is 4.79 Å². The van der Waals surface area contributed by atoms with E-state index in [0.717, 1.165) is 66.6 Å². The Morgan fingerprint density at radius 2 is 2.10 bits per heavy atom. The van der Waals surface area contributed by atoms with Gasteiger partial charge in [-0.2, -0.15) is 5.10 Å². The molecule has 0 radical (unpaired) electrons. The Morgan fingerprint density at radius 1 is 1.31 bits per heavy atom. The second-order valence-corrected chi connectivity index (χ2v) is 8.62. The van der Waals surface area contributed by atoms with Crippen LogP contribution in [-0.2, 0) is 16.2 Å². The van der Waals surface area contributed by atoms with Crippen LogP contribution in [0.3, 0.4) is 0 Å². The third-order valence-corrected chi connectivity index (χ3v) is 6.81. The van der Waals surface area contributed by atoms with Gasteiger partial charge in [-0.15, -0.1) is 0 Å². The summed E-state index contributed by atoms with van der Waals surface area (Å²) < 4.78 is 1.89. The highest BCUT2D eigenvalue weighted by Gasteiger charge is 2.45. The smallest absolute Gasteiger partial charge is 0.306 e. The van der Waals surface area contributed by atoms with Crippen LogP contribution >= 0.6 is 0 Å². The topological polar surface area (TPSA) is 102 Å². The van der Waals surface area contributed by atoms with Crippen molar-refractivity contribution in [3.05, 3.63) is 18.0 Å². The van der Waals surface area contributed by atoms with Gasteiger partial charge in [0.05, 0.1) is 28.9 Å². The van der Waals surface area contributed by atoms with Gasteiger partial charge in [0.2, 0.25) is 0 Å². The fraction of sp³-hybridized carbons (Fsp3) is 0.619. The van der Waals surface area contributed by atoms with E-state index in [2.05, 4.69) is 27.5 Å². The van der Waals surface area contributed by atoms with Crippen LogP contribution in [0.2, 0.25) is 0 Å². The zero-order valence-electron chi connectivity index (χ0n) is 16.7. The van der Waals surface area contributed by atoms with Crippen molar-refractivity contribution < 1.29 is 14.7 Å². The number of pyridine rings is 1. The molecular weight excluding hydrogens is 370 g/mol. The first kappa shape index (κ1) is 18.4. The molecular formula is C21H27N5O3. The fourth-order valence-corrected chi connectivity index (χ4v) is 4.83. The molecule has 2 saturated carbocycles. The molecule has 3 heterocycles. The van der Waals surface area contributed by atoms with Crippen LogP contribution < -0.4 is 5.32 Å². The number of aryl methyl sites for hydroxylation is 1. The Morgan fingerprint density at radius 3 is 2.72 bits per heavy atom. The molecule has 1 aliphatic heterocycles. The number of carboxylic acids is 1. The monoisotopic (exact) mass is 397 g/mol. The number of aromatic nitrogens is 3. The summed E-state index contributed by atoms with van der Waals surface area (Å²) in [4.78, 5) is 21.8. The predicted molar refractivity (Wildman–Crippen MR) is 109 cm³/mol. The number of nitrogens with zero attached hydrogens (tertiary/aromatic N) is 4. The van der Waals surface area contributed by atoms with E-state index in [1.54, 1.807) is 0 Å². The molecule has 29 heavy (non-hydrogen) atoms. The molecule has 0 atom stereocenters. The molecule has 5 rings (SSSR count). The van der Waals surface area contributed by atoms with Crippen LogP contribution in [0.4, 0.5) is 5.69 Å². The maximum Gasteiger partial charge on any atom is 0.306 e. The minimum atomic E-state index is -0.678. The average molecular weight is 397 g/mol. The molecule has 0 saturated heterocycles. The van der Waals surface area contributed by atoms with Gasteiger partial charge in [-0.1, -0.05) is 5.16 Å². The highest BCUT2D eigenvalue weighted by Crippen LogP contribution is 2.44. The molecule has 2 aromatic rings. The second-order valence-electron chi connectivity index (χ2n) is 8.62. The van der Waals surface area contributed by atoms with Crippen LogP contribution in [0.15, 0.2) is 17.5 Å². The molecule has 154 valence electrons. The van der Waals surface area contributed by atoms with Crippen molar-refractivity contribution in [1.29, 1.82) is 0 Å². The number of carbonyl (C=O) groups is 1. The molecule has 2 aromatic heterocycles. The van der Waals surface area contributed by atoms with Crippen molar-refractivity contribution >= 4 is 28.4 Å². The number of hydrogen-bond acceptors (Lipinski definition) is 6. The molecule has 0 amide bonds. The quantitative estimate of drug-likeness (QED) is 0.800. The summed E-state index contributed by atoms with van der Waals surface area (Å²) in [6, 6.07) is 0.237. The Bertz CT molecular complexity index is 970. The predicted octanol–water partition coefficient (Wildman–Crippen LogP) is 3.55.